The Morgan fingerprint density at radius 1 is 1.30 bits per heavy atom. The topological polar surface area (TPSA) is 73.6 Å². The first kappa shape index (κ1) is 23.7. The number of furan rings is 1. The summed E-state index contributed by atoms with van der Waals surface area (Å²) in [6, 6.07) is 1.96. The molecule has 2 heterocycles. The van der Waals surface area contributed by atoms with E-state index >= 15 is 0 Å². The number of nitrogens with one attached hydrogen (secondary N) is 1. The molecule has 1 aliphatic heterocycles. The minimum absolute atomic E-state index is 0. The van der Waals surface area contributed by atoms with Gasteiger partial charge in [-0.25, -0.2) is 4.99 Å². The quantitative estimate of drug-likeness (QED) is 0.347. The summed E-state index contributed by atoms with van der Waals surface area (Å²) in [5.41, 5.74) is 1.11. The lowest BCUT2D eigenvalue weighted by atomic mass is 10.2. The molecule has 9 heteroatoms. The number of hydrogen-bond acceptors (Lipinski definition) is 5. The summed E-state index contributed by atoms with van der Waals surface area (Å²) in [6.07, 6.45) is 1.69. The number of aliphatic imine (C=N–C) groups is 1. The van der Waals surface area contributed by atoms with Crippen LogP contribution in [-0.2, 0) is 16.1 Å². The van der Waals surface area contributed by atoms with Gasteiger partial charge in [0.25, 0.3) is 0 Å². The maximum atomic E-state index is 11.9. The molecule has 0 unspecified atom stereocenters. The average Bonchev–Trinajstić information content (AvgIpc) is 3.03. The van der Waals surface area contributed by atoms with Crippen LogP contribution in [0.1, 0.15) is 11.3 Å². The standard InChI is InChI=1S/C18H31N5O3.HI/c1-15-16(5-10-26-15)14-22(4)18(20-13-17(24)21(2)3)19-6-7-23-8-11-25-12-9-23;/h5,10H,6-9,11-14H2,1-4H3,(H,19,20);1H. The van der Waals surface area contributed by atoms with Crippen LogP contribution in [0.15, 0.2) is 21.7 Å². The first-order chi connectivity index (χ1) is 12.5. The van der Waals surface area contributed by atoms with Crippen molar-refractivity contribution in [1.29, 1.82) is 0 Å². The van der Waals surface area contributed by atoms with Crippen LogP contribution in [0.2, 0.25) is 0 Å². The Morgan fingerprint density at radius 3 is 2.59 bits per heavy atom. The zero-order valence-corrected chi connectivity index (χ0v) is 19.1. The second-order valence-electron chi connectivity index (χ2n) is 6.67. The van der Waals surface area contributed by atoms with E-state index in [1.807, 2.05) is 24.9 Å². The zero-order valence-electron chi connectivity index (χ0n) is 16.7. The van der Waals surface area contributed by atoms with Crippen molar-refractivity contribution in [2.45, 2.75) is 13.5 Å². The van der Waals surface area contributed by atoms with Gasteiger partial charge in [-0.1, -0.05) is 0 Å². The molecule has 27 heavy (non-hydrogen) atoms. The molecule has 1 aromatic heterocycles. The summed E-state index contributed by atoms with van der Waals surface area (Å²) < 4.78 is 10.7. The Morgan fingerprint density at radius 2 is 2.00 bits per heavy atom. The van der Waals surface area contributed by atoms with Crippen molar-refractivity contribution in [2.24, 2.45) is 4.99 Å². The predicted octanol–water partition coefficient (Wildman–Crippen LogP) is 1.00. The summed E-state index contributed by atoms with van der Waals surface area (Å²) in [5.74, 6) is 1.59. The largest absolute Gasteiger partial charge is 0.469 e. The molecule has 0 saturated carbocycles. The van der Waals surface area contributed by atoms with Crippen molar-refractivity contribution < 1.29 is 13.9 Å². The number of likely N-dealkylation sites (N-methyl/N-ethyl adjacent to an activating group) is 1. The van der Waals surface area contributed by atoms with Gasteiger partial charge in [0.15, 0.2) is 5.96 Å². The van der Waals surface area contributed by atoms with Gasteiger partial charge >= 0.3 is 0 Å². The summed E-state index contributed by atoms with van der Waals surface area (Å²) in [6.45, 7) is 7.92. The highest BCUT2D eigenvalue weighted by molar-refractivity contribution is 14.0. The van der Waals surface area contributed by atoms with Gasteiger partial charge in [-0.05, 0) is 13.0 Å². The van der Waals surface area contributed by atoms with Crippen molar-refractivity contribution in [1.82, 2.24) is 20.0 Å². The third kappa shape index (κ3) is 8.06. The van der Waals surface area contributed by atoms with Gasteiger partial charge < -0.3 is 24.3 Å². The molecular weight excluding hydrogens is 461 g/mol. The third-order valence-electron chi connectivity index (χ3n) is 4.41. The first-order valence-electron chi connectivity index (χ1n) is 9.00. The number of ether oxygens (including phenoxy) is 1. The minimum atomic E-state index is -0.0228. The molecule has 1 aliphatic rings. The van der Waals surface area contributed by atoms with E-state index in [0.29, 0.717) is 12.5 Å². The predicted molar refractivity (Wildman–Crippen MR) is 117 cm³/mol. The van der Waals surface area contributed by atoms with Crippen LogP contribution >= 0.6 is 24.0 Å². The van der Waals surface area contributed by atoms with Crippen molar-refractivity contribution in [2.75, 3.05) is 67.1 Å². The lowest BCUT2D eigenvalue weighted by molar-refractivity contribution is -0.127. The Bertz CT molecular complexity index is 600. The van der Waals surface area contributed by atoms with Crippen LogP contribution in [0.25, 0.3) is 0 Å². The number of nitrogens with zero attached hydrogens (tertiary/aromatic N) is 4. The van der Waals surface area contributed by atoms with E-state index in [1.165, 1.54) is 0 Å². The number of guanidine groups is 1. The number of rotatable bonds is 7. The van der Waals surface area contributed by atoms with Crippen LogP contribution in [-0.4, -0.2) is 93.6 Å². The van der Waals surface area contributed by atoms with Gasteiger partial charge in [0.1, 0.15) is 12.3 Å². The van der Waals surface area contributed by atoms with Crippen molar-refractivity contribution in [3.8, 4) is 0 Å². The maximum absolute atomic E-state index is 11.9. The fourth-order valence-corrected chi connectivity index (χ4v) is 2.65. The van der Waals surface area contributed by atoms with E-state index in [0.717, 1.165) is 50.7 Å². The Labute approximate surface area is 178 Å². The molecule has 0 aromatic carbocycles. The van der Waals surface area contributed by atoms with Crippen molar-refractivity contribution in [3.63, 3.8) is 0 Å². The second kappa shape index (κ2) is 12.2. The highest BCUT2D eigenvalue weighted by atomic mass is 127. The first-order valence-corrected chi connectivity index (χ1v) is 9.00. The SMILES string of the molecule is Cc1occc1CN(C)C(=NCC(=O)N(C)C)NCCN1CCOCC1.I. The molecule has 2 rings (SSSR count). The molecule has 1 saturated heterocycles. The molecule has 1 N–H and O–H groups in total. The smallest absolute Gasteiger partial charge is 0.243 e. The summed E-state index contributed by atoms with van der Waals surface area (Å²) in [7, 11) is 5.44. The van der Waals surface area contributed by atoms with E-state index in [2.05, 4.69) is 15.2 Å². The molecule has 1 amide bonds. The lowest BCUT2D eigenvalue weighted by Gasteiger charge is -2.28. The number of halogens is 1. The van der Waals surface area contributed by atoms with Crippen LogP contribution in [0.5, 0.6) is 0 Å². The van der Waals surface area contributed by atoms with E-state index in [9.17, 15) is 4.79 Å². The maximum Gasteiger partial charge on any atom is 0.243 e. The average molecular weight is 493 g/mol. The molecule has 0 aliphatic carbocycles. The van der Waals surface area contributed by atoms with Gasteiger partial charge in [-0.15, -0.1) is 24.0 Å². The zero-order chi connectivity index (χ0) is 18.9. The van der Waals surface area contributed by atoms with Crippen LogP contribution in [0, 0.1) is 6.92 Å². The van der Waals surface area contributed by atoms with E-state index in [4.69, 9.17) is 9.15 Å². The molecular formula is C18H32IN5O3. The highest BCUT2D eigenvalue weighted by Gasteiger charge is 2.13. The van der Waals surface area contributed by atoms with E-state index < -0.39 is 0 Å². The van der Waals surface area contributed by atoms with Crippen molar-refractivity contribution in [3.05, 3.63) is 23.7 Å². The number of carbonyl (C=O) groups is 1. The Balaban J connectivity index is 0.00000364. The molecule has 0 bridgehead atoms. The van der Waals surface area contributed by atoms with Crippen molar-refractivity contribution >= 4 is 35.8 Å². The van der Waals surface area contributed by atoms with Crippen LogP contribution in [0.3, 0.4) is 0 Å². The Hall–Kier alpha value is -1.33. The number of morpholine rings is 1. The van der Waals surface area contributed by atoms with E-state index in [1.54, 1.807) is 25.3 Å². The number of amides is 1. The fraction of sp³-hybridized carbons (Fsp3) is 0.667. The molecule has 154 valence electrons. The minimum Gasteiger partial charge on any atom is -0.469 e. The summed E-state index contributed by atoms with van der Waals surface area (Å²) in [5, 5.41) is 3.39. The van der Waals surface area contributed by atoms with Gasteiger partial charge in [-0.2, -0.15) is 0 Å². The molecule has 8 nitrogen and oxygen atoms in total. The number of carbonyl (C=O) groups excluding carboxylic acids is 1. The normalized spacial score (nSPS) is 15.2. The fourth-order valence-electron chi connectivity index (χ4n) is 2.65. The van der Waals surface area contributed by atoms with Gasteiger partial charge in [-0.3, -0.25) is 9.69 Å². The molecule has 1 fully saturated rings. The van der Waals surface area contributed by atoms with E-state index in [-0.39, 0.29) is 36.4 Å². The summed E-state index contributed by atoms with van der Waals surface area (Å²) in [4.78, 5) is 22.3. The summed E-state index contributed by atoms with van der Waals surface area (Å²) >= 11 is 0. The Kier molecular flexibility index (Phi) is 10.7. The monoisotopic (exact) mass is 493 g/mol. The second-order valence-corrected chi connectivity index (χ2v) is 6.67. The molecule has 1 aromatic rings. The van der Waals surface area contributed by atoms with Crippen LogP contribution < -0.4 is 5.32 Å². The van der Waals surface area contributed by atoms with Gasteiger partial charge in [0.2, 0.25) is 5.91 Å². The number of aryl methyl sites for hydroxylation is 1. The molecule has 0 spiro atoms. The van der Waals surface area contributed by atoms with Crippen LogP contribution in [0.4, 0.5) is 0 Å². The van der Waals surface area contributed by atoms with Gasteiger partial charge in [0.05, 0.1) is 19.5 Å². The number of hydrogen-bond donors (Lipinski definition) is 1. The molecule has 0 atom stereocenters. The lowest BCUT2D eigenvalue weighted by Crippen LogP contribution is -2.45. The highest BCUT2D eigenvalue weighted by Crippen LogP contribution is 2.11. The molecule has 0 radical (unpaired) electrons. The third-order valence-corrected chi connectivity index (χ3v) is 4.41. The van der Waals surface area contributed by atoms with Gasteiger partial charge in [0, 0.05) is 59.4 Å².